The number of imidazole rings is 1. The van der Waals surface area contributed by atoms with Crippen LogP contribution in [0.1, 0.15) is 37.8 Å². The van der Waals surface area contributed by atoms with E-state index in [9.17, 15) is 20.0 Å². The average molecular weight is 331 g/mol. The van der Waals surface area contributed by atoms with Crippen molar-refractivity contribution in [2.24, 2.45) is 0 Å². The first-order valence-electron chi connectivity index (χ1n) is 8.16. The third-order valence-electron chi connectivity index (χ3n) is 4.70. The number of nitrogens with zero attached hydrogens (tertiary/aromatic N) is 3. The number of benzene rings is 1. The van der Waals surface area contributed by atoms with Crippen molar-refractivity contribution in [2.45, 2.75) is 51.2 Å². The molecule has 2 aromatic rings. The summed E-state index contributed by atoms with van der Waals surface area (Å²) in [6.07, 6.45) is 6.02. The number of rotatable bonds is 4. The van der Waals surface area contributed by atoms with Crippen molar-refractivity contribution in [1.82, 2.24) is 9.13 Å². The van der Waals surface area contributed by atoms with Gasteiger partial charge >= 0.3 is 5.69 Å². The third kappa shape index (κ3) is 2.99. The van der Waals surface area contributed by atoms with Crippen molar-refractivity contribution in [3.8, 4) is 5.69 Å². The first-order chi connectivity index (χ1) is 11.4. The van der Waals surface area contributed by atoms with E-state index >= 15 is 0 Å². The van der Waals surface area contributed by atoms with Gasteiger partial charge in [0.05, 0.1) is 17.1 Å². The zero-order valence-electron chi connectivity index (χ0n) is 13.6. The number of aromatic nitrogens is 2. The van der Waals surface area contributed by atoms with Crippen molar-refractivity contribution in [2.75, 3.05) is 0 Å². The average Bonchev–Trinajstić information content (AvgIpc) is 2.81. The Morgan fingerprint density at radius 3 is 2.58 bits per heavy atom. The fraction of sp³-hybridized carbons (Fsp3) is 0.471. The van der Waals surface area contributed by atoms with Gasteiger partial charge in [0, 0.05) is 18.0 Å². The van der Waals surface area contributed by atoms with Crippen molar-refractivity contribution >= 4 is 5.69 Å². The minimum atomic E-state index is -0.872. The van der Waals surface area contributed by atoms with Gasteiger partial charge < -0.3 is 5.11 Å². The lowest BCUT2D eigenvalue weighted by atomic mass is 9.85. The summed E-state index contributed by atoms with van der Waals surface area (Å²) in [4.78, 5) is 23.5. The quantitative estimate of drug-likeness (QED) is 0.688. The molecule has 1 fully saturated rings. The van der Waals surface area contributed by atoms with E-state index in [4.69, 9.17) is 0 Å². The van der Waals surface area contributed by atoms with E-state index in [-0.39, 0.29) is 23.6 Å². The summed E-state index contributed by atoms with van der Waals surface area (Å²) < 4.78 is 2.81. The van der Waals surface area contributed by atoms with E-state index in [2.05, 4.69) is 0 Å². The lowest BCUT2D eigenvalue weighted by Gasteiger charge is -2.31. The molecule has 128 valence electrons. The predicted molar refractivity (Wildman–Crippen MR) is 89.5 cm³/mol. The zero-order valence-corrected chi connectivity index (χ0v) is 13.6. The Morgan fingerprint density at radius 2 is 1.92 bits per heavy atom. The highest BCUT2D eigenvalue weighted by Gasteiger charge is 2.31. The highest BCUT2D eigenvalue weighted by molar-refractivity contribution is 5.52. The molecule has 0 saturated heterocycles. The molecule has 1 aromatic heterocycles. The molecule has 0 atom stereocenters. The molecule has 1 aliphatic carbocycles. The smallest absolute Gasteiger partial charge is 0.333 e. The fourth-order valence-corrected chi connectivity index (χ4v) is 3.52. The van der Waals surface area contributed by atoms with Crippen LogP contribution in [0.2, 0.25) is 0 Å². The molecule has 1 saturated carbocycles. The van der Waals surface area contributed by atoms with Crippen LogP contribution in [0, 0.1) is 17.0 Å². The van der Waals surface area contributed by atoms with Crippen LogP contribution in [0.25, 0.3) is 5.69 Å². The molecule has 1 heterocycles. The summed E-state index contributed by atoms with van der Waals surface area (Å²) in [5.41, 5.74) is -0.491. The molecule has 0 unspecified atom stereocenters. The molecule has 7 nitrogen and oxygen atoms in total. The maximum absolute atomic E-state index is 12.8. The van der Waals surface area contributed by atoms with Crippen LogP contribution in [-0.2, 0) is 6.54 Å². The van der Waals surface area contributed by atoms with Gasteiger partial charge in [-0.25, -0.2) is 4.79 Å². The van der Waals surface area contributed by atoms with Crippen molar-refractivity contribution in [3.63, 3.8) is 0 Å². The SMILES string of the molecule is Cc1cn(CC2(O)CCCCC2)c(=O)n1-c1ccccc1[N+](=O)[O-]. The number of aliphatic hydroxyl groups is 1. The summed E-state index contributed by atoms with van der Waals surface area (Å²) in [5, 5.41) is 21.9. The lowest BCUT2D eigenvalue weighted by molar-refractivity contribution is -0.384. The molecule has 7 heteroatoms. The van der Waals surface area contributed by atoms with Crippen molar-refractivity contribution in [1.29, 1.82) is 0 Å². The van der Waals surface area contributed by atoms with Gasteiger partial charge in [0.25, 0.3) is 5.69 Å². The molecular weight excluding hydrogens is 310 g/mol. The van der Waals surface area contributed by atoms with Crippen LogP contribution in [0.3, 0.4) is 0 Å². The largest absolute Gasteiger partial charge is 0.388 e. The first kappa shape index (κ1) is 16.4. The number of nitro groups is 1. The second-order valence-electron chi connectivity index (χ2n) is 6.55. The number of para-hydroxylation sites is 2. The predicted octanol–water partition coefficient (Wildman–Crippen LogP) is 2.55. The number of hydrogen-bond acceptors (Lipinski definition) is 4. The monoisotopic (exact) mass is 331 g/mol. The Bertz CT molecular complexity index is 815. The Labute approximate surface area is 139 Å². The maximum atomic E-state index is 12.8. The van der Waals surface area contributed by atoms with Gasteiger partial charge in [-0.05, 0) is 25.8 Å². The first-order valence-corrected chi connectivity index (χ1v) is 8.16. The van der Waals surface area contributed by atoms with Crippen molar-refractivity contribution < 1.29 is 10.0 Å². The molecule has 0 spiro atoms. The molecule has 3 rings (SSSR count). The fourth-order valence-electron chi connectivity index (χ4n) is 3.52. The Kier molecular flexibility index (Phi) is 4.28. The van der Waals surface area contributed by atoms with Crippen LogP contribution < -0.4 is 5.69 Å². The van der Waals surface area contributed by atoms with Gasteiger partial charge in [0.1, 0.15) is 5.69 Å². The van der Waals surface area contributed by atoms with Gasteiger partial charge in [0.2, 0.25) is 0 Å². The summed E-state index contributed by atoms with van der Waals surface area (Å²) in [7, 11) is 0. The summed E-state index contributed by atoms with van der Waals surface area (Å²) in [6, 6.07) is 6.18. The van der Waals surface area contributed by atoms with Gasteiger partial charge in [0.15, 0.2) is 0 Å². The van der Waals surface area contributed by atoms with Crippen LogP contribution in [0.15, 0.2) is 35.3 Å². The molecule has 1 aromatic carbocycles. The van der Waals surface area contributed by atoms with E-state index in [1.165, 1.54) is 15.2 Å². The molecule has 24 heavy (non-hydrogen) atoms. The molecule has 0 radical (unpaired) electrons. The minimum absolute atomic E-state index is 0.114. The Hall–Kier alpha value is -2.41. The second-order valence-corrected chi connectivity index (χ2v) is 6.55. The minimum Gasteiger partial charge on any atom is -0.388 e. The summed E-state index contributed by atoms with van der Waals surface area (Å²) in [6.45, 7) is 1.96. The molecule has 0 amide bonds. The number of nitro benzene ring substituents is 1. The molecule has 0 aliphatic heterocycles. The Balaban J connectivity index is 2.02. The van der Waals surface area contributed by atoms with Crippen LogP contribution in [0.4, 0.5) is 5.69 Å². The van der Waals surface area contributed by atoms with Gasteiger partial charge in [-0.2, -0.15) is 0 Å². The highest BCUT2D eigenvalue weighted by atomic mass is 16.6. The standard InChI is InChI=1S/C17H21N3O4/c1-13-11-18(12-17(22)9-5-2-6-10-17)16(21)19(13)14-7-3-4-8-15(14)20(23)24/h3-4,7-8,11,22H,2,5-6,9-10,12H2,1H3. The molecule has 1 aliphatic rings. The summed E-state index contributed by atoms with van der Waals surface area (Å²) in [5.74, 6) is 0. The van der Waals surface area contributed by atoms with Gasteiger partial charge in [-0.1, -0.05) is 31.4 Å². The maximum Gasteiger partial charge on any atom is 0.333 e. The topological polar surface area (TPSA) is 90.3 Å². The van der Waals surface area contributed by atoms with Crippen LogP contribution in [0.5, 0.6) is 0 Å². The molecule has 1 N–H and O–H groups in total. The van der Waals surface area contributed by atoms with E-state index in [1.807, 2.05) is 0 Å². The lowest BCUT2D eigenvalue weighted by Crippen LogP contribution is -2.39. The Morgan fingerprint density at radius 1 is 1.25 bits per heavy atom. The van der Waals surface area contributed by atoms with Crippen LogP contribution in [-0.4, -0.2) is 24.8 Å². The van der Waals surface area contributed by atoms with Gasteiger partial charge in [-0.3, -0.25) is 19.2 Å². The normalized spacial score (nSPS) is 16.9. The van der Waals surface area contributed by atoms with Crippen molar-refractivity contribution in [3.05, 3.63) is 56.8 Å². The zero-order chi connectivity index (χ0) is 17.3. The van der Waals surface area contributed by atoms with E-state index in [0.717, 1.165) is 19.3 Å². The number of aryl methyl sites for hydroxylation is 1. The van der Waals surface area contributed by atoms with E-state index in [0.29, 0.717) is 18.5 Å². The molecular formula is C17H21N3O4. The highest BCUT2D eigenvalue weighted by Crippen LogP contribution is 2.29. The van der Waals surface area contributed by atoms with E-state index in [1.54, 1.807) is 31.3 Å². The summed E-state index contributed by atoms with van der Waals surface area (Å²) >= 11 is 0. The van der Waals surface area contributed by atoms with Crippen LogP contribution >= 0.6 is 0 Å². The third-order valence-corrected chi connectivity index (χ3v) is 4.70. The van der Waals surface area contributed by atoms with Gasteiger partial charge in [-0.15, -0.1) is 0 Å². The molecule has 0 bridgehead atoms. The van der Waals surface area contributed by atoms with E-state index < -0.39 is 10.5 Å². The second kappa shape index (κ2) is 6.24. The number of hydrogen-bond donors (Lipinski definition) is 1.